The van der Waals surface area contributed by atoms with Gasteiger partial charge in [-0.2, -0.15) is 5.10 Å². The van der Waals surface area contributed by atoms with Crippen molar-refractivity contribution in [2.24, 2.45) is 7.05 Å². The minimum atomic E-state index is -0.0562. The van der Waals surface area contributed by atoms with E-state index in [4.69, 9.17) is 0 Å². The van der Waals surface area contributed by atoms with Gasteiger partial charge < -0.3 is 5.32 Å². The fourth-order valence-corrected chi connectivity index (χ4v) is 1.73. The first-order valence-electron chi connectivity index (χ1n) is 5.90. The normalized spacial score (nSPS) is 10.4. The van der Waals surface area contributed by atoms with Crippen molar-refractivity contribution in [1.29, 1.82) is 0 Å². The zero-order valence-corrected chi connectivity index (χ0v) is 10.9. The van der Waals surface area contributed by atoms with Crippen molar-refractivity contribution < 1.29 is 4.79 Å². The van der Waals surface area contributed by atoms with Crippen molar-refractivity contribution in [3.63, 3.8) is 0 Å². The first-order chi connectivity index (χ1) is 8.58. The van der Waals surface area contributed by atoms with Crippen molar-refractivity contribution >= 4 is 5.91 Å². The number of carbonyl (C=O) groups excluding carboxylic acids is 1. The first kappa shape index (κ1) is 12.4. The second-order valence-corrected chi connectivity index (χ2v) is 4.43. The molecule has 1 heterocycles. The first-order valence-corrected chi connectivity index (χ1v) is 5.90. The molecule has 0 bridgehead atoms. The van der Waals surface area contributed by atoms with Gasteiger partial charge in [-0.3, -0.25) is 9.48 Å². The van der Waals surface area contributed by atoms with Crippen LogP contribution in [0.15, 0.2) is 30.5 Å². The van der Waals surface area contributed by atoms with Gasteiger partial charge in [0.15, 0.2) is 0 Å². The van der Waals surface area contributed by atoms with Crippen LogP contribution in [-0.2, 0) is 13.6 Å². The molecule has 0 fully saturated rings. The monoisotopic (exact) mass is 243 g/mol. The second-order valence-electron chi connectivity index (χ2n) is 4.43. The maximum Gasteiger partial charge on any atom is 0.251 e. The molecular weight excluding hydrogens is 226 g/mol. The van der Waals surface area contributed by atoms with Crippen LogP contribution in [0.3, 0.4) is 0 Å². The summed E-state index contributed by atoms with van der Waals surface area (Å²) in [5.74, 6) is -0.0562. The summed E-state index contributed by atoms with van der Waals surface area (Å²) >= 11 is 0. The lowest BCUT2D eigenvalue weighted by Gasteiger charge is -2.07. The summed E-state index contributed by atoms with van der Waals surface area (Å²) in [6.45, 7) is 4.53. The van der Waals surface area contributed by atoms with Gasteiger partial charge in [0.1, 0.15) is 0 Å². The second kappa shape index (κ2) is 5.04. The summed E-state index contributed by atoms with van der Waals surface area (Å²) in [6, 6.07) is 7.61. The summed E-state index contributed by atoms with van der Waals surface area (Å²) in [7, 11) is 1.86. The van der Waals surface area contributed by atoms with Gasteiger partial charge in [0.05, 0.1) is 12.2 Å². The summed E-state index contributed by atoms with van der Waals surface area (Å²) in [5, 5.41) is 6.95. The SMILES string of the molecule is Cc1ccc(C(=O)NCc2ccnn2C)cc1C. The zero-order chi connectivity index (χ0) is 13.1. The highest BCUT2D eigenvalue weighted by Gasteiger charge is 2.07. The topological polar surface area (TPSA) is 46.9 Å². The van der Waals surface area contributed by atoms with E-state index in [-0.39, 0.29) is 5.91 Å². The minimum absolute atomic E-state index is 0.0562. The Kier molecular flexibility index (Phi) is 3.46. The molecule has 2 aromatic rings. The molecule has 0 aliphatic carbocycles. The van der Waals surface area contributed by atoms with Gasteiger partial charge in [-0.15, -0.1) is 0 Å². The molecule has 18 heavy (non-hydrogen) atoms. The van der Waals surface area contributed by atoms with E-state index in [0.717, 1.165) is 11.3 Å². The van der Waals surface area contributed by atoms with Crippen LogP contribution in [0.25, 0.3) is 0 Å². The molecule has 94 valence electrons. The number of aryl methyl sites for hydroxylation is 3. The van der Waals surface area contributed by atoms with Crippen LogP contribution in [0.2, 0.25) is 0 Å². The fourth-order valence-electron chi connectivity index (χ4n) is 1.73. The highest BCUT2D eigenvalue weighted by Crippen LogP contribution is 2.09. The lowest BCUT2D eigenvalue weighted by Crippen LogP contribution is -2.24. The van der Waals surface area contributed by atoms with Crippen LogP contribution >= 0.6 is 0 Å². The molecule has 0 saturated carbocycles. The number of hydrogen-bond donors (Lipinski definition) is 1. The maximum atomic E-state index is 12.0. The van der Waals surface area contributed by atoms with Gasteiger partial charge in [0, 0.05) is 18.8 Å². The quantitative estimate of drug-likeness (QED) is 0.895. The maximum absolute atomic E-state index is 12.0. The van der Waals surface area contributed by atoms with E-state index in [0.29, 0.717) is 12.1 Å². The van der Waals surface area contributed by atoms with Gasteiger partial charge in [0.2, 0.25) is 0 Å². The van der Waals surface area contributed by atoms with E-state index in [1.165, 1.54) is 5.56 Å². The standard InChI is InChI=1S/C14H17N3O/c1-10-4-5-12(8-11(10)2)14(18)15-9-13-6-7-16-17(13)3/h4-8H,9H2,1-3H3,(H,15,18). The molecule has 0 aliphatic rings. The summed E-state index contributed by atoms with van der Waals surface area (Å²) in [5.41, 5.74) is 3.99. The van der Waals surface area contributed by atoms with Gasteiger partial charge in [-0.1, -0.05) is 6.07 Å². The van der Waals surface area contributed by atoms with Crippen LogP contribution in [0, 0.1) is 13.8 Å². The highest BCUT2D eigenvalue weighted by atomic mass is 16.1. The molecule has 1 N–H and O–H groups in total. The number of hydrogen-bond acceptors (Lipinski definition) is 2. The molecule has 0 atom stereocenters. The van der Waals surface area contributed by atoms with Crippen molar-refractivity contribution in [2.45, 2.75) is 20.4 Å². The molecular formula is C14H17N3O. The zero-order valence-electron chi connectivity index (χ0n) is 10.9. The van der Waals surface area contributed by atoms with Crippen molar-refractivity contribution in [3.8, 4) is 0 Å². The Morgan fingerprint density at radius 3 is 2.67 bits per heavy atom. The summed E-state index contributed by atoms with van der Waals surface area (Å²) in [6.07, 6.45) is 1.72. The van der Waals surface area contributed by atoms with E-state index in [1.807, 2.05) is 45.2 Å². The van der Waals surface area contributed by atoms with Crippen molar-refractivity contribution in [3.05, 3.63) is 52.8 Å². The Bertz CT molecular complexity index is 572. The van der Waals surface area contributed by atoms with Gasteiger partial charge in [-0.25, -0.2) is 0 Å². The number of benzene rings is 1. The van der Waals surface area contributed by atoms with Gasteiger partial charge in [0.25, 0.3) is 5.91 Å². The highest BCUT2D eigenvalue weighted by molar-refractivity contribution is 5.94. The molecule has 1 aromatic heterocycles. The Balaban J connectivity index is 2.04. The third-order valence-electron chi connectivity index (χ3n) is 3.12. The number of amides is 1. The van der Waals surface area contributed by atoms with E-state index >= 15 is 0 Å². The lowest BCUT2D eigenvalue weighted by molar-refractivity contribution is 0.0950. The van der Waals surface area contributed by atoms with Crippen LogP contribution in [0.4, 0.5) is 0 Å². The largest absolute Gasteiger partial charge is 0.346 e. The number of nitrogens with zero attached hydrogens (tertiary/aromatic N) is 2. The lowest BCUT2D eigenvalue weighted by atomic mass is 10.1. The molecule has 0 spiro atoms. The van der Waals surface area contributed by atoms with Crippen LogP contribution in [-0.4, -0.2) is 15.7 Å². The van der Waals surface area contributed by atoms with Crippen LogP contribution < -0.4 is 5.32 Å². The molecule has 4 nitrogen and oxygen atoms in total. The summed E-state index contributed by atoms with van der Waals surface area (Å²) in [4.78, 5) is 12.0. The van der Waals surface area contributed by atoms with E-state index in [9.17, 15) is 4.79 Å². The minimum Gasteiger partial charge on any atom is -0.346 e. The molecule has 0 saturated heterocycles. The number of carbonyl (C=O) groups is 1. The number of nitrogens with one attached hydrogen (secondary N) is 1. The smallest absolute Gasteiger partial charge is 0.251 e. The number of aromatic nitrogens is 2. The predicted octanol–water partition coefficient (Wildman–Crippen LogP) is 1.97. The molecule has 1 aromatic carbocycles. The van der Waals surface area contributed by atoms with Gasteiger partial charge in [-0.05, 0) is 43.2 Å². The Hall–Kier alpha value is -2.10. The third-order valence-corrected chi connectivity index (χ3v) is 3.12. The molecule has 0 unspecified atom stereocenters. The van der Waals surface area contributed by atoms with Gasteiger partial charge >= 0.3 is 0 Å². The Morgan fingerprint density at radius 2 is 2.06 bits per heavy atom. The average molecular weight is 243 g/mol. The fraction of sp³-hybridized carbons (Fsp3) is 0.286. The van der Waals surface area contributed by atoms with E-state index in [2.05, 4.69) is 10.4 Å². The van der Waals surface area contributed by atoms with E-state index < -0.39 is 0 Å². The molecule has 0 radical (unpaired) electrons. The van der Waals surface area contributed by atoms with Crippen LogP contribution in [0.5, 0.6) is 0 Å². The summed E-state index contributed by atoms with van der Waals surface area (Å²) < 4.78 is 1.75. The van der Waals surface area contributed by atoms with Crippen molar-refractivity contribution in [2.75, 3.05) is 0 Å². The Morgan fingerprint density at radius 1 is 1.28 bits per heavy atom. The Labute approximate surface area is 107 Å². The van der Waals surface area contributed by atoms with Crippen molar-refractivity contribution in [1.82, 2.24) is 15.1 Å². The molecule has 2 rings (SSSR count). The van der Waals surface area contributed by atoms with E-state index in [1.54, 1.807) is 10.9 Å². The average Bonchev–Trinajstić information content (AvgIpc) is 2.75. The predicted molar refractivity (Wildman–Crippen MR) is 70.3 cm³/mol. The van der Waals surface area contributed by atoms with Crippen LogP contribution in [0.1, 0.15) is 27.2 Å². The molecule has 0 aliphatic heterocycles. The third kappa shape index (κ3) is 2.59. The molecule has 4 heteroatoms. The number of rotatable bonds is 3. The molecule has 1 amide bonds.